The number of aromatic hydroxyl groups is 1. The van der Waals surface area contributed by atoms with Crippen LogP contribution in [0.25, 0.3) is 22.0 Å². The van der Waals surface area contributed by atoms with E-state index in [1.165, 1.54) is 19.1 Å². The topological polar surface area (TPSA) is 94.6 Å². The van der Waals surface area contributed by atoms with Gasteiger partial charge in [-0.2, -0.15) is 0 Å². The summed E-state index contributed by atoms with van der Waals surface area (Å²) in [6, 6.07) is 8.49. The van der Waals surface area contributed by atoms with E-state index in [2.05, 4.69) is 20.5 Å². The van der Waals surface area contributed by atoms with Gasteiger partial charge in [-0.1, -0.05) is 17.7 Å². The summed E-state index contributed by atoms with van der Waals surface area (Å²) in [5, 5.41) is 17.2. The number of nitrogens with one attached hydrogen (secondary N) is 2. The standard InChI is InChI=1S/C29H32ClFN4O3.ClH/c1-16(36)22-15-32-25-10-5-17(18-13-23(30)28(37)24(31)14-18)12-21(25)27(22)33-19-6-8-20(9-7-19)34-29(38)26-4-3-11-35(26)2;/h5,10,12-15,19-20,26,37H,3-4,6-9,11H2,1-2H3,(H,32,33)(H,34,38);1H. The highest BCUT2D eigenvalue weighted by molar-refractivity contribution is 6.32. The van der Waals surface area contributed by atoms with E-state index in [0.717, 1.165) is 50.5 Å². The lowest BCUT2D eigenvalue weighted by Crippen LogP contribution is -2.47. The number of likely N-dealkylation sites (tertiary alicyclic amines) is 1. The minimum atomic E-state index is -0.801. The molecule has 3 aromatic rings. The molecule has 1 amide bonds. The average molecular weight is 576 g/mol. The van der Waals surface area contributed by atoms with Gasteiger partial charge in [-0.3, -0.25) is 19.5 Å². The van der Waals surface area contributed by atoms with Crippen LogP contribution in [0.3, 0.4) is 0 Å². The predicted molar refractivity (Wildman–Crippen MR) is 155 cm³/mol. The predicted octanol–water partition coefficient (Wildman–Crippen LogP) is 5.96. The lowest BCUT2D eigenvalue weighted by molar-refractivity contribution is -0.126. The van der Waals surface area contributed by atoms with Gasteiger partial charge in [-0.05, 0) is 94.4 Å². The average Bonchev–Trinajstić information content (AvgIpc) is 3.33. The summed E-state index contributed by atoms with van der Waals surface area (Å²) in [7, 11) is 2.00. The minimum Gasteiger partial charge on any atom is -0.504 e. The number of hydrogen-bond donors (Lipinski definition) is 3. The molecular weight excluding hydrogens is 542 g/mol. The number of hydrogen-bond acceptors (Lipinski definition) is 6. The monoisotopic (exact) mass is 574 g/mol. The second kappa shape index (κ2) is 12.1. The Labute approximate surface area is 238 Å². The van der Waals surface area contributed by atoms with Gasteiger partial charge in [0.15, 0.2) is 17.3 Å². The second-order valence-corrected chi connectivity index (χ2v) is 10.9. The molecular formula is C29H33Cl2FN4O3. The van der Waals surface area contributed by atoms with Crippen LogP contribution in [0.5, 0.6) is 5.75 Å². The molecule has 2 aliphatic rings. The molecule has 1 aliphatic carbocycles. The number of halogens is 3. The maximum absolute atomic E-state index is 14.2. The van der Waals surface area contributed by atoms with Crippen LogP contribution in [-0.2, 0) is 4.79 Å². The molecule has 5 rings (SSSR count). The van der Waals surface area contributed by atoms with E-state index in [9.17, 15) is 19.1 Å². The third kappa shape index (κ3) is 6.13. The number of aromatic nitrogens is 1. The van der Waals surface area contributed by atoms with E-state index in [0.29, 0.717) is 27.9 Å². The number of ketones is 1. The number of fused-ring (bicyclic) bond motifs is 1. The van der Waals surface area contributed by atoms with Gasteiger partial charge in [0.25, 0.3) is 0 Å². The summed E-state index contributed by atoms with van der Waals surface area (Å²) in [5.41, 5.74) is 3.09. The van der Waals surface area contributed by atoms with Gasteiger partial charge in [-0.15, -0.1) is 12.4 Å². The lowest BCUT2D eigenvalue weighted by Gasteiger charge is -2.32. The molecule has 1 saturated carbocycles. The lowest BCUT2D eigenvalue weighted by atomic mass is 9.90. The third-order valence-corrected chi connectivity index (χ3v) is 8.13. The van der Waals surface area contributed by atoms with Gasteiger partial charge in [-0.25, -0.2) is 4.39 Å². The van der Waals surface area contributed by atoms with E-state index in [1.54, 1.807) is 6.20 Å². The number of pyridine rings is 1. The molecule has 1 aromatic heterocycles. The first kappa shape index (κ1) is 29.1. The quantitative estimate of drug-likeness (QED) is 0.314. The van der Waals surface area contributed by atoms with E-state index < -0.39 is 11.6 Å². The molecule has 2 heterocycles. The number of phenols is 1. The van der Waals surface area contributed by atoms with Crippen LogP contribution in [0.2, 0.25) is 5.02 Å². The van der Waals surface area contributed by atoms with Crippen molar-refractivity contribution in [3.05, 3.63) is 52.9 Å². The molecule has 39 heavy (non-hydrogen) atoms. The van der Waals surface area contributed by atoms with Crippen molar-refractivity contribution in [2.45, 2.75) is 63.6 Å². The highest BCUT2D eigenvalue weighted by atomic mass is 35.5. The van der Waals surface area contributed by atoms with Crippen LogP contribution in [0.1, 0.15) is 55.8 Å². The number of anilines is 1. The molecule has 1 saturated heterocycles. The first-order chi connectivity index (χ1) is 18.2. The summed E-state index contributed by atoms with van der Waals surface area (Å²) < 4.78 is 14.2. The number of phenolic OH excluding ortho intramolecular Hbond substituents is 1. The fourth-order valence-electron chi connectivity index (χ4n) is 5.65. The van der Waals surface area contributed by atoms with Gasteiger partial charge >= 0.3 is 0 Å². The molecule has 1 atom stereocenters. The molecule has 3 N–H and O–H groups in total. The first-order valence-corrected chi connectivity index (χ1v) is 13.5. The molecule has 0 bridgehead atoms. The van der Waals surface area contributed by atoms with Gasteiger partial charge in [0.1, 0.15) is 0 Å². The zero-order chi connectivity index (χ0) is 27.0. The molecule has 1 unspecified atom stereocenters. The number of amides is 1. The number of carbonyl (C=O) groups excluding carboxylic acids is 2. The van der Waals surface area contributed by atoms with Crippen LogP contribution >= 0.6 is 24.0 Å². The Balaban J connectivity index is 0.00000353. The molecule has 2 aromatic carbocycles. The van der Waals surface area contributed by atoms with Gasteiger partial charge in [0, 0.05) is 23.7 Å². The van der Waals surface area contributed by atoms with Crippen molar-refractivity contribution in [3.63, 3.8) is 0 Å². The van der Waals surface area contributed by atoms with Crippen LogP contribution in [0.4, 0.5) is 10.1 Å². The Kier molecular flexibility index (Phi) is 8.99. The van der Waals surface area contributed by atoms with Gasteiger partial charge in [0.2, 0.25) is 5.91 Å². The molecule has 7 nitrogen and oxygen atoms in total. The van der Waals surface area contributed by atoms with Gasteiger partial charge < -0.3 is 15.7 Å². The molecule has 0 radical (unpaired) electrons. The summed E-state index contributed by atoms with van der Waals surface area (Å²) in [4.78, 5) is 31.8. The molecule has 208 valence electrons. The highest BCUT2D eigenvalue weighted by Gasteiger charge is 2.31. The largest absolute Gasteiger partial charge is 0.504 e. The zero-order valence-corrected chi connectivity index (χ0v) is 23.5. The SMILES string of the molecule is CC(=O)c1cnc2ccc(-c3cc(F)c(O)c(Cl)c3)cc2c1NC1CCC(NC(=O)C2CCCN2C)CC1.Cl. The third-order valence-electron chi connectivity index (χ3n) is 7.84. The molecule has 1 aliphatic heterocycles. The van der Waals surface area contributed by atoms with Crippen LogP contribution in [0, 0.1) is 5.82 Å². The maximum Gasteiger partial charge on any atom is 0.237 e. The number of nitrogens with zero attached hydrogens (tertiary/aromatic N) is 2. The van der Waals surface area contributed by atoms with Crippen molar-refractivity contribution in [2.75, 3.05) is 18.9 Å². The smallest absolute Gasteiger partial charge is 0.237 e. The van der Waals surface area contributed by atoms with E-state index in [1.807, 2.05) is 25.2 Å². The normalized spacial score (nSPS) is 21.4. The van der Waals surface area contributed by atoms with Crippen LogP contribution < -0.4 is 10.6 Å². The summed E-state index contributed by atoms with van der Waals surface area (Å²) in [6.45, 7) is 2.48. The number of benzene rings is 2. The minimum absolute atomic E-state index is 0. The Morgan fingerprint density at radius 2 is 1.79 bits per heavy atom. The number of Topliss-reactive ketones (excluding diaryl/α,β-unsaturated/α-hetero) is 1. The molecule has 10 heteroatoms. The number of likely N-dealkylation sites (N-methyl/N-ethyl adjacent to an activating group) is 1. The molecule has 2 fully saturated rings. The Morgan fingerprint density at radius 1 is 1.08 bits per heavy atom. The summed E-state index contributed by atoms with van der Waals surface area (Å²) in [5.74, 6) is -1.36. The first-order valence-electron chi connectivity index (χ1n) is 13.1. The van der Waals surface area contributed by atoms with Crippen molar-refractivity contribution < 1.29 is 19.1 Å². The van der Waals surface area contributed by atoms with Crippen molar-refractivity contribution >= 4 is 52.3 Å². The summed E-state index contributed by atoms with van der Waals surface area (Å²) >= 11 is 6.01. The van der Waals surface area contributed by atoms with E-state index in [-0.39, 0.29) is 47.2 Å². The maximum atomic E-state index is 14.2. The molecule has 0 spiro atoms. The van der Waals surface area contributed by atoms with Crippen LogP contribution in [-0.4, -0.2) is 58.4 Å². The fourth-order valence-corrected chi connectivity index (χ4v) is 5.86. The number of rotatable bonds is 6. The van der Waals surface area contributed by atoms with Crippen molar-refractivity contribution in [3.8, 4) is 16.9 Å². The Bertz CT molecular complexity index is 1370. The van der Waals surface area contributed by atoms with Crippen LogP contribution in [0.15, 0.2) is 36.5 Å². The zero-order valence-electron chi connectivity index (χ0n) is 22.0. The van der Waals surface area contributed by atoms with Crippen molar-refractivity contribution in [1.29, 1.82) is 0 Å². The number of carbonyl (C=O) groups is 2. The van der Waals surface area contributed by atoms with Crippen molar-refractivity contribution in [1.82, 2.24) is 15.2 Å². The van der Waals surface area contributed by atoms with E-state index >= 15 is 0 Å². The Morgan fingerprint density at radius 3 is 2.44 bits per heavy atom. The van der Waals surface area contributed by atoms with Crippen molar-refractivity contribution in [2.24, 2.45) is 0 Å². The fraction of sp³-hybridized carbons (Fsp3) is 0.414. The summed E-state index contributed by atoms with van der Waals surface area (Å²) in [6.07, 6.45) is 6.97. The Hall–Kier alpha value is -2.94. The highest BCUT2D eigenvalue weighted by Crippen LogP contribution is 2.36. The second-order valence-electron chi connectivity index (χ2n) is 10.5. The van der Waals surface area contributed by atoms with E-state index in [4.69, 9.17) is 11.6 Å². The van der Waals surface area contributed by atoms with Gasteiger partial charge in [0.05, 0.1) is 27.8 Å².